The van der Waals surface area contributed by atoms with Gasteiger partial charge in [0.25, 0.3) is 0 Å². The molecule has 0 aliphatic rings. The van der Waals surface area contributed by atoms with Gasteiger partial charge in [-0.2, -0.15) is 0 Å². The standard InChI is InChI=1S/C18H25N3O2.HI/c1-22-13-6-11-19-18(20-12-10-17-9-5-14-23-17)21-15-16-7-3-2-4-8-16;/h2-5,7-9,14H,6,10-13,15H2,1H3,(H2,19,20,21);1H. The molecule has 0 aliphatic heterocycles. The minimum atomic E-state index is 0. The van der Waals surface area contributed by atoms with E-state index >= 15 is 0 Å². The highest BCUT2D eigenvalue weighted by molar-refractivity contribution is 14.0. The molecule has 0 unspecified atom stereocenters. The van der Waals surface area contributed by atoms with Gasteiger partial charge in [0.05, 0.1) is 12.8 Å². The van der Waals surface area contributed by atoms with Crippen LogP contribution in [-0.4, -0.2) is 32.8 Å². The van der Waals surface area contributed by atoms with E-state index in [9.17, 15) is 0 Å². The summed E-state index contributed by atoms with van der Waals surface area (Å²) in [7, 11) is 1.71. The zero-order valence-corrected chi connectivity index (χ0v) is 16.4. The van der Waals surface area contributed by atoms with Crippen LogP contribution in [0.15, 0.2) is 58.1 Å². The molecular formula is C18H26IN3O2. The summed E-state index contributed by atoms with van der Waals surface area (Å²) < 4.78 is 10.4. The molecule has 0 spiro atoms. The number of nitrogens with one attached hydrogen (secondary N) is 2. The van der Waals surface area contributed by atoms with Crippen molar-refractivity contribution >= 4 is 29.9 Å². The van der Waals surface area contributed by atoms with Crippen LogP contribution in [-0.2, 0) is 17.7 Å². The SMILES string of the molecule is COCCCNC(=NCc1ccccc1)NCCc1ccco1.I. The fraction of sp³-hybridized carbons (Fsp3) is 0.389. The molecule has 2 N–H and O–H groups in total. The monoisotopic (exact) mass is 443 g/mol. The van der Waals surface area contributed by atoms with Gasteiger partial charge in [0, 0.05) is 33.2 Å². The summed E-state index contributed by atoms with van der Waals surface area (Å²) in [5, 5.41) is 6.68. The van der Waals surface area contributed by atoms with Crippen LogP contribution in [0.25, 0.3) is 0 Å². The van der Waals surface area contributed by atoms with Gasteiger partial charge in [0.15, 0.2) is 5.96 Å². The Labute approximate surface area is 160 Å². The van der Waals surface area contributed by atoms with Crippen molar-refractivity contribution in [3.05, 3.63) is 60.1 Å². The summed E-state index contributed by atoms with van der Waals surface area (Å²) in [6.07, 6.45) is 3.47. The molecule has 2 rings (SSSR count). The van der Waals surface area contributed by atoms with Crippen molar-refractivity contribution in [2.45, 2.75) is 19.4 Å². The van der Waals surface area contributed by atoms with Gasteiger partial charge in [-0.15, -0.1) is 24.0 Å². The number of ether oxygens (including phenoxy) is 1. The Morgan fingerprint density at radius 3 is 2.58 bits per heavy atom. The van der Waals surface area contributed by atoms with Crippen LogP contribution in [0.1, 0.15) is 17.7 Å². The Morgan fingerprint density at radius 1 is 1.08 bits per heavy atom. The fourth-order valence-electron chi connectivity index (χ4n) is 2.11. The predicted molar refractivity (Wildman–Crippen MR) is 108 cm³/mol. The lowest BCUT2D eigenvalue weighted by Gasteiger charge is -2.12. The topological polar surface area (TPSA) is 58.8 Å². The summed E-state index contributed by atoms with van der Waals surface area (Å²) in [6.45, 7) is 3.00. The highest BCUT2D eigenvalue weighted by atomic mass is 127. The van der Waals surface area contributed by atoms with Crippen LogP contribution in [0.3, 0.4) is 0 Å². The first kappa shape index (κ1) is 20.5. The highest BCUT2D eigenvalue weighted by Gasteiger charge is 2.00. The van der Waals surface area contributed by atoms with Crippen LogP contribution in [0.2, 0.25) is 0 Å². The van der Waals surface area contributed by atoms with E-state index in [-0.39, 0.29) is 24.0 Å². The van der Waals surface area contributed by atoms with E-state index < -0.39 is 0 Å². The largest absolute Gasteiger partial charge is 0.469 e. The van der Waals surface area contributed by atoms with Gasteiger partial charge in [-0.3, -0.25) is 0 Å². The van der Waals surface area contributed by atoms with Gasteiger partial charge in [-0.05, 0) is 24.1 Å². The van der Waals surface area contributed by atoms with Crippen LogP contribution in [0.5, 0.6) is 0 Å². The second-order valence-electron chi connectivity index (χ2n) is 5.18. The third kappa shape index (κ3) is 8.35. The molecule has 2 aromatic rings. The third-order valence-corrected chi connectivity index (χ3v) is 3.32. The zero-order valence-electron chi connectivity index (χ0n) is 14.0. The first-order chi connectivity index (χ1) is 11.4. The number of hydrogen-bond donors (Lipinski definition) is 2. The molecule has 24 heavy (non-hydrogen) atoms. The van der Waals surface area contributed by atoms with Gasteiger partial charge in [-0.25, -0.2) is 4.99 Å². The minimum absolute atomic E-state index is 0. The molecule has 0 fully saturated rings. The first-order valence-electron chi connectivity index (χ1n) is 7.96. The molecule has 1 heterocycles. The predicted octanol–water partition coefficient (Wildman–Crippen LogP) is 3.21. The average Bonchev–Trinajstić information content (AvgIpc) is 3.10. The lowest BCUT2D eigenvalue weighted by atomic mass is 10.2. The maximum Gasteiger partial charge on any atom is 0.191 e. The van der Waals surface area contributed by atoms with Crippen LogP contribution in [0, 0.1) is 0 Å². The van der Waals surface area contributed by atoms with Crippen molar-refractivity contribution in [1.82, 2.24) is 10.6 Å². The van der Waals surface area contributed by atoms with E-state index in [4.69, 9.17) is 9.15 Å². The minimum Gasteiger partial charge on any atom is -0.469 e. The lowest BCUT2D eigenvalue weighted by molar-refractivity contribution is 0.195. The Bertz CT molecular complexity index is 559. The first-order valence-corrected chi connectivity index (χ1v) is 7.96. The van der Waals surface area contributed by atoms with Crippen LogP contribution >= 0.6 is 24.0 Å². The molecule has 0 amide bonds. The number of nitrogens with zero attached hydrogens (tertiary/aromatic N) is 1. The van der Waals surface area contributed by atoms with E-state index in [2.05, 4.69) is 27.8 Å². The maximum atomic E-state index is 5.34. The molecule has 0 saturated carbocycles. The number of benzene rings is 1. The van der Waals surface area contributed by atoms with Crippen molar-refractivity contribution in [2.75, 3.05) is 26.8 Å². The summed E-state index contributed by atoms with van der Waals surface area (Å²) in [6, 6.07) is 14.1. The summed E-state index contributed by atoms with van der Waals surface area (Å²) >= 11 is 0. The lowest BCUT2D eigenvalue weighted by Crippen LogP contribution is -2.39. The Morgan fingerprint density at radius 2 is 1.88 bits per heavy atom. The number of furan rings is 1. The Balaban J connectivity index is 0.00000288. The molecular weight excluding hydrogens is 417 g/mol. The van der Waals surface area contributed by atoms with Crippen LogP contribution < -0.4 is 10.6 Å². The number of halogens is 1. The molecule has 5 nitrogen and oxygen atoms in total. The van der Waals surface area contributed by atoms with Crippen LogP contribution in [0.4, 0.5) is 0 Å². The van der Waals surface area contributed by atoms with Gasteiger partial charge in [-0.1, -0.05) is 30.3 Å². The molecule has 132 valence electrons. The molecule has 6 heteroatoms. The van der Waals surface area contributed by atoms with E-state index in [1.54, 1.807) is 13.4 Å². The van der Waals surface area contributed by atoms with Crippen molar-refractivity contribution in [3.8, 4) is 0 Å². The third-order valence-electron chi connectivity index (χ3n) is 3.32. The normalized spacial score (nSPS) is 11.0. The number of guanidine groups is 1. The van der Waals surface area contributed by atoms with Crippen molar-refractivity contribution in [2.24, 2.45) is 4.99 Å². The summed E-state index contributed by atoms with van der Waals surface area (Å²) in [5.74, 6) is 1.79. The fourth-order valence-corrected chi connectivity index (χ4v) is 2.11. The van der Waals surface area contributed by atoms with Gasteiger partial charge < -0.3 is 19.8 Å². The van der Waals surface area contributed by atoms with E-state index in [1.165, 1.54) is 5.56 Å². The van der Waals surface area contributed by atoms with Crippen molar-refractivity contribution in [3.63, 3.8) is 0 Å². The smallest absolute Gasteiger partial charge is 0.191 e. The summed E-state index contributed by atoms with van der Waals surface area (Å²) in [4.78, 5) is 4.63. The second kappa shape index (κ2) is 12.8. The zero-order chi connectivity index (χ0) is 16.2. The number of rotatable bonds is 9. The van der Waals surface area contributed by atoms with Crippen molar-refractivity contribution in [1.29, 1.82) is 0 Å². The van der Waals surface area contributed by atoms with E-state index in [0.717, 1.165) is 44.3 Å². The Kier molecular flexibility index (Phi) is 11.0. The molecule has 0 radical (unpaired) electrons. The molecule has 0 aliphatic carbocycles. The number of hydrogen-bond acceptors (Lipinski definition) is 3. The maximum absolute atomic E-state index is 5.34. The molecule has 1 aromatic carbocycles. The average molecular weight is 443 g/mol. The van der Waals surface area contributed by atoms with Gasteiger partial charge >= 0.3 is 0 Å². The Hall–Kier alpha value is -1.54. The highest BCUT2D eigenvalue weighted by Crippen LogP contribution is 2.01. The quantitative estimate of drug-likeness (QED) is 0.271. The molecule has 1 aromatic heterocycles. The van der Waals surface area contributed by atoms with E-state index in [0.29, 0.717) is 6.54 Å². The van der Waals surface area contributed by atoms with E-state index in [1.807, 2.05) is 30.3 Å². The molecule has 0 bridgehead atoms. The van der Waals surface area contributed by atoms with Gasteiger partial charge in [0.1, 0.15) is 5.76 Å². The van der Waals surface area contributed by atoms with Gasteiger partial charge in [0.2, 0.25) is 0 Å². The van der Waals surface area contributed by atoms with Crippen molar-refractivity contribution < 1.29 is 9.15 Å². The molecule has 0 atom stereocenters. The number of methoxy groups -OCH3 is 1. The number of aliphatic imine (C=N–C) groups is 1. The molecule has 0 saturated heterocycles. The second-order valence-corrected chi connectivity index (χ2v) is 5.18. The summed E-state index contributed by atoms with van der Waals surface area (Å²) in [5.41, 5.74) is 1.19.